The van der Waals surface area contributed by atoms with Gasteiger partial charge in [-0.25, -0.2) is 4.72 Å². The largest absolute Gasteiger partial charge is 0.478 e. The molecule has 0 aliphatic carbocycles. The van der Waals surface area contributed by atoms with Crippen LogP contribution in [0.4, 0.5) is 0 Å². The van der Waals surface area contributed by atoms with Gasteiger partial charge in [0.2, 0.25) is 5.84 Å². The molecule has 2 heterocycles. The average molecular weight is 369 g/mol. The van der Waals surface area contributed by atoms with Gasteiger partial charge in [-0.2, -0.15) is 8.42 Å². The normalized spacial score (nSPS) is 16.6. The zero-order valence-electron chi connectivity index (χ0n) is 15.7. The Bertz CT molecular complexity index is 723. The van der Waals surface area contributed by atoms with Gasteiger partial charge in [0, 0.05) is 0 Å². The first-order valence-electron chi connectivity index (χ1n) is 7.75. The van der Waals surface area contributed by atoms with E-state index in [1.807, 2.05) is 6.07 Å². The lowest BCUT2D eigenvalue weighted by molar-refractivity contribution is 0.412. The van der Waals surface area contributed by atoms with E-state index >= 15 is 0 Å². The molecule has 0 amide bonds. The summed E-state index contributed by atoms with van der Waals surface area (Å²) in [6, 6.07) is 1.90. The zero-order valence-corrected chi connectivity index (χ0v) is 16.5. The fraction of sp³-hybridized carbons (Fsp3) is 0.529. The van der Waals surface area contributed by atoms with Crippen LogP contribution < -0.4 is 4.72 Å². The second-order valence-corrected chi connectivity index (χ2v) is 7.44. The molecule has 0 atom stereocenters. The summed E-state index contributed by atoms with van der Waals surface area (Å²) in [5.41, 5.74) is 1.04. The highest BCUT2D eigenvalue weighted by molar-refractivity contribution is 7.89. The van der Waals surface area contributed by atoms with Crippen molar-refractivity contribution in [2.24, 2.45) is 9.39 Å². The minimum atomic E-state index is -3.73. The van der Waals surface area contributed by atoms with Crippen LogP contribution in [0.5, 0.6) is 0 Å². The van der Waals surface area contributed by atoms with Crippen LogP contribution in [-0.4, -0.2) is 27.3 Å². The van der Waals surface area contributed by atoms with Gasteiger partial charge in [-0.05, 0) is 17.0 Å². The molecule has 0 saturated heterocycles. The van der Waals surface area contributed by atoms with E-state index in [1.165, 1.54) is 13.5 Å². The Balaban J connectivity index is 0.00000104. The smallest absolute Gasteiger partial charge is 0.347 e. The molecule has 0 aromatic carbocycles. The Morgan fingerprint density at radius 3 is 2.32 bits per heavy atom. The molecule has 0 bridgehead atoms. The number of rotatable bonds is 2. The van der Waals surface area contributed by atoms with Gasteiger partial charge in [-0.15, -0.1) is 17.2 Å². The molecule has 0 unspecified atom stereocenters. The van der Waals surface area contributed by atoms with E-state index in [1.54, 1.807) is 6.26 Å². The topological polar surface area (TPSA) is 93.3 Å². The summed E-state index contributed by atoms with van der Waals surface area (Å²) < 4.78 is 38.4. The molecule has 1 aliphatic rings. The number of hydrogen-bond donors (Lipinski definition) is 1. The third-order valence-electron chi connectivity index (χ3n) is 2.74. The molecule has 0 spiro atoms. The van der Waals surface area contributed by atoms with Gasteiger partial charge < -0.3 is 9.15 Å². The van der Waals surface area contributed by atoms with Gasteiger partial charge >= 0.3 is 10.2 Å². The molecule has 7 nitrogen and oxygen atoms in total. The number of hydrogen-bond acceptors (Lipinski definition) is 5. The van der Waals surface area contributed by atoms with Gasteiger partial charge in [-0.3, -0.25) is 4.99 Å². The van der Waals surface area contributed by atoms with Crippen molar-refractivity contribution in [3.8, 4) is 12.8 Å². The number of ether oxygens (including phenoxy) is 1. The van der Waals surface area contributed by atoms with Gasteiger partial charge in [-0.1, -0.05) is 41.0 Å². The van der Waals surface area contributed by atoms with Crippen LogP contribution in [0.2, 0.25) is 0 Å². The Hall–Kier alpha value is -2.27. The number of amidine groups is 1. The number of nitrogens with zero attached hydrogens (tertiary/aromatic N) is 2. The van der Waals surface area contributed by atoms with Gasteiger partial charge in [0.1, 0.15) is 5.76 Å². The van der Waals surface area contributed by atoms with Crippen LogP contribution in [-0.2, 0) is 26.9 Å². The molecular weight excluding hydrogens is 342 g/mol. The van der Waals surface area contributed by atoms with Crippen molar-refractivity contribution in [2.45, 2.75) is 53.0 Å². The monoisotopic (exact) mass is 369 g/mol. The fourth-order valence-corrected chi connectivity index (χ4v) is 2.41. The third kappa shape index (κ3) is 7.44. The molecule has 1 aliphatic heterocycles. The lowest BCUT2D eigenvalue weighted by Gasteiger charge is -2.14. The first-order valence-corrected chi connectivity index (χ1v) is 9.19. The fourth-order valence-electron chi connectivity index (χ4n) is 1.59. The summed E-state index contributed by atoms with van der Waals surface area (Å²) in [6.45, 7) is 10.7. The summed E-state index contributed by atoms with van der Waals surface area (Å²) in [6.07, 6.45) is 10.9. The van der Waals surface area contributed by atoms with E-state index in [-0.39, 0.29) is 23.7 Å². The summed E-state index contributed by atoms with van der Waals surface area (Å²) >= 11 is 0. The Morgan fingerprint density at radius 2 is 1.88 bits per heavy atom. The van der Waals surface area contributed by atoms with Gasteiger partial charge in [0.05, 0.1) is 19.9 Å². The summed E-state index contributed by atoms with van der Waals surface area (Å²) in [7, 11) is -2.39. The van der Waals surface area contributed by atoms with Crippen molar-refractivity contribution in [3.05, 3.63) is 23.7 Å². The zero-order chi connectivity index (χ0) is 19.7. The van der Waals surface area contributed by atoms with E-state index in [0.29, 0.717) is 5.76 Å². The number of aliphatic imine (C=N–C) groups is 1. The maximum atomic E-state index is 11.3. The van der Waals surface area contributed by atoms with E-state index in [4.69, 9.17) is 9.15 Å². The van der Waals surface area contributed by atoms with Crippen LogP contribution in [0, 0.1) is 12.8 Å². The summed E-state index contributed by atoms with van der Waals surface area (Å²) in [4.78, 5) is 4.11. The lowest BCUT2D eigenvalue weighted by atomic mass is 9.89. The molecule has 1 aromatic rings. The Kier molecular flexibility index (Phi) is 8.99. The number of nitrogens with one attached hydrogen (secondary N) is 1. The van der Waals surface area contributed by atoms with Crippen molar-refractivity contribution >= 4 is 21.9 Å². The lowest BCUT2D eigenvalue weighted by Crippen LogP contribution is -2.27. The maximum Gasteiger partial charge on any atom is 0.347 e. The number of methoxy groups -OCH3 is 1. The highest BCUT2D eigenvalue weighted by Crippen LogP contribution is 2.24. The van der Waals surface area contributed by atoms with E-state index in [2.05, 4.69) is 61.6 Å². The second kappa shape index (κ2) is 9.89. The van der Waals surface area contributed by atoms with Crippen molar-refractivity contribution in [1.82, 2.24) is 4.72 Å². The molecule has 25 heavy (non-hydrogen) atoms. The van der Waals surface area contributed by atoms with Crippen molar-refractivity contribution < 1.29 is 17.6 Å². The number of terminal acetylenes is 1. The number of furan rings is 1. The molecule has 0 saturated carbocycles. The van der Waals surface area contributed by atoms with Crippen LogP contribution in [0.3, 0.4) is 0 Å². The standard InChI is InChI=1S/C12H17N3O4S.C3H8.C2H2/c1-12(2,3)8-5-9(19-7-8)6-13-10-11(18-4)15-20(16,17)14-10;1-3-2;1-2/h5,7H,6H2,1-4H3,(H,13,14);3H2,1-2H3;1-2H. The van der Waals surface area contributed by atoms with Gasteiger partial charge in [0.15, 0.2) is 0 Å². The molecule has 8 heteroatoms. The molecule has 0 radical (unpaired) electrons. The predicted molar refractivity (Wildman–Crippen MR) is 101 cm³/mol. The quantitative estimate of drug-likeness (QED) is 0.811. The minimum Gasteiger partial charge on any atom is -0.478 e. The van der Waals surface area contributed by atoms with Crippen LogP contribution in [0.1, 0.15) is 52.4 Å². The molecule has 2 rings (SSSR count). The Morgan fingerprint density at radius 1 is 1.32 bits per heavy atom. The molecule has 140 valence electrons. The highest BCUT2D eigenvalue weighted by atomic mass is 32.2. The molecular formula is C17H27N3O4S. The average Bonchev–Trinajstić information content (AvgIpc) is 3.11. The molecule has 1 N–H and O–H groups in total. The maximum absolute atomic E-state index is 11.3. The molecule has 1 aromatic heterocycles. The van der Waals surface area contributed by atoms with Crippen LogP contribution in [0.25, 0.3) is 0 Å². The Labute approximate surface area is 150 Å². The second-order valence-electron chi connectivity index (χ2n) is 6.10. The van der Waals surface area contributed by atoms with Crippen molar-refractivity contribution in [3.63, 3.8) is 0 Å². The molecule has 0 fully saturated rings. The van der Waals surface area contributed by atoms with E-state index < -0.39 is 10.2 Å². The van der Waals surface area contributed by atoms with E-state index in [9.17, 15) is 8.42 Å². The minimum absolute atomic E-state index is 0.0109. The van der Waals surface area contributed by atoms with Crippen molar-refractivity contribution in [1.29, 1.82) is 0 Å². The SMILES string of the molecule is C#C.CCC.COC1=NS(=O)(=O)NC1=NCc1cc(C(C)(C)C)co1. The summed E-state index contributed by atoms with van der Waals surface area (Å²) in [5.74, 6) is 0.679. The van der Waals surface area contributed by atoms with Crippen LogP contribution >= 0.6 is 0 Å². The highest BCUT2D eigenvalue weighted by Gasteiger charge is 2.27. The predicted octanol–water partition coefficient (Wildman–Crippen LogP) is 3.03. The first kappa shape index (κ1) is 22.7. The van der Waals surface area contributed by atoms with E-state index in [0.717, 1.165) is 5.56 Å². The first-order chi connectivity index (χ1) is 11.6. The summed E-state index contributed by atoms with van der Waals surface area (Å²) in [5, 5.41) is 0. The van der Waals surface area contributed by atoms with Crippen LogP contribution in [0.15, 0.2) is 26.1 Å². The third-order valence-corrected chi connectivity index (χ3v) is 3.59. The van der Waals surface area contributed by atoms with Gasteiger partial charge in [0.25, 0.3) is 5.90 Å². The van der Waals surface area contributed by atoms with Crippen molar-refractivity contribution in [2.75, 3.05) is 7.11 Å².